The maximum atomic E-state index is 5.31. The van der Waals surface area contributed by atoms with Crippen molar-refractivity contribution in [1.82, 2.24) is 19.5 Å². The molecule has 0 amide bonds. The van der Waals surface area contributed by atoms with E-state index in [1.807, 2.05) is 72.8 Å². The van der Waals surface area contributed by atoms with Crippen LogP contribution in [0.4, 0.5) is 0 Å². The zero-order valence-electron chi connectivity index (χ0n) is 30.2. The van der Waals surface area contributed by atoms with E-state index in [1.165, 1.54) is 0 Å². The Balaban J connectivity index is 1.55. The number of rotatable bonds is 7. The molecule has 55 heavy (non-hydrogen) atoms. The van der Waals surface area contributed by atoms with Crippen molar-refractivity contribution in [2.24, 2.45) is 0 Å². The van der Waals surface area contributed by atoms with Gasteiger partial charge in [-0.05, 0) is 68.1 Å². The summed E-state index contributed by atoms with van der Waals surface area (Å²) in [5.41, 5.74) is 7.96. The Labute approximate surface area is 320 Å². The average molecular weight is 705 g/mol. The number of fused-ring (bicyclic) bond motifs is 7. The van der Waals surface area contributed by atoms with Gasteiger partial charge in [0.2, 0.25) is 5.95 Å². The van der Waals surface area contributed by atoms with Crippen molar-refractivity contribution in [2.45, 2.75) is 0 Å². The summed E-state index contributed by atoms with van der Waals surface area (Å²) in [6, 6.07) is 61.4. The minimum atomic E-state index is 0.512. The molecule has 260 valence electrons. The van der Waals surface area contributed by atoms with Gasteiger partial charge in [0, 0.05) is 21.9 Å². The van der Waals surface area contributed by atoms with E-state index in [4.69, 9.17) is 15.0 Å². The molecule has 4 nitrogen and oxygen atoms in total. The molecule has 0 unspecified atom stereocenters. The molecule has 0 aliphatic heterocycles. The molecule has 0 spiro atoms. The lowest BCUT2D eigenvalue weighted by Gasteiger charge is -2.16. The Morgan fingerprint density at radius 2 is 0.873 bits per heavy atom. The number of aromatic nitrogens is 4. The highest BCUT2D eigenvalue weighted by Crippen LogP contribution is 2.37. The maximum absolute atomic E-state index is 5.31. The van der Waals surface area contributed by atoms with Crippen LogP contribution in [0.2, 0.25) is 0 Å². The van der Waals surface area contributed by atoms with E-state index in [9.17, 15) is 0 Å². The van der Waals surface area contributed by atoms with E-state index >= 15 is 0 Å². The second-order valence-electron chi connectivity index (χ2n) is 13.3. The monoisotopic (exact) mass is 704 g/mol. The third kappa shape index (κ3) is 6.26. The zero-order valence-corrected chi connectivity index (χ0v) is 30.2. The van der Waals surface area contributed by atoms with Crippen LogP contribution in [-0.4, -0.2) is 19.5 Å². The normalized spacial score (nSPS) is 11.5. The van der Waals surface area contributed by atoms with E-state index in [0.29, 0.717) is 17.6 Å². The van der Waals surface area contributed by atoms with Gasteiger partial charge in [-0.25, -0.2) is 4.98 Å². The minimum Gasteiger partial charge on any atom is -0.278 e. The second-order valence-corrected chi connectivity index (χ2v) is 13.3. The summed E-state index contributed by atoms with van der Waals surface area (Å²) in [5, 5.41) is 6.56. The summed E-state index contributed by atoms with van der Waals surface area (Å²) < 4.78 is 2.22. The molecule has 2 aromatic heterocycles. The van der Waals surface area contributed by atoms with E-state index in [0.717, 1.165) is 76.7 Å². The second kappa shape index (κ2) is 14.5. The van der Waals surface area contributed by atoms with Gasteiger partial charge in [-0.1, -0.05) is 183 Å². The number of allylic oxidation sites excluding steroid dienone is 4. The van der Waals surface area contributed by atoms with Crippen molar-refractivity contribution in [3.63, 3.8) is 0 Å². The van der Waals surface area contributed by atoms with Crippen molar-refractivity contribution in [1.29, 1.82) is 0 Å². The van der Waals surface area contributed by atoms with Crippen molar-refractivity contribution in [3.8, 4) is 39.9 Å². The fourth-order valence-corrected chi connectivity index (χ4v) is 7.44. The van der Waals surface area contributed by atoms with Crippen LogP contribution in [-0.2, 0) is 0 Å². The lowest BCUT2D eigenvalue weighted by Crippen LogP contribution is -2.08. The van der Waals surface area contributed by atoms with Gasteiger partial charge in [0.25, 0.3) is 0 Å². The average Bonchev–Trinajstić information content (AvgIpc) is 3.30. The Morgan fingerprint density at radius 3 is 1.38 bits per heavy atom. The van der Waals surface area contributed by atoms with Gasteiger partial charge in [-0.15, -0.1) is 0 Å². The van der Waals surface area contributed by atoms with E-state index in [1.54, 1.807) is 6.08 Å². The molecule has 0 bridgehead atoms. The third-order valence-electron chi connectivity index (χ3n) is 10.0. The first-order chi connectivity index (χ1) is 27.2. The predicted molar refractivity (Wildman–Crippen MR) is 231 cm³/mol. The van der Waals surface area contributed by atoms with Crippen LogP contribution in [0.3, 0.4) is 0 Å². The van der Waals surface area contributed by atoms with Gasteiger partial charge in [0.05, 0.1) is 11.0 Å². The fraction of sp³-hybridized carbons (Fsp3) is 0. The highest BCUT2D eigenvalue weighted by Gasteiger charge is 2.17. The van der Waals surface area contributed by atoms with Crippen LogP contribution >= 0.6 is 0 Å². The summed E-state index contributed by atoms with van der Waals surface area (Å²) in [4.78, 5) is 15.7. The molecule has 0 N–H and O–H groups in total. The van der Waals surface area contributed by atoms with Crippen LogP contribution in [0, 0.1) is 0 Å². The molecule has 0 saturated heterocycles. The predicted octanol–water partition coefficient (Wildman–Crippen LogP) is 13.2. The van der Waals surface area contributed by atoms with Crippen molar-refractivity contribution < 1.29 is 0 Å². The SMILES string of the molecule is C=C/C=C(\C=C)c1ccc2c(c1)c1ccccc1c1ccccc1c1cc(-c3ccccc3)ccc1n2-c1nc(-c2ccccc2)nc(-c2ccccc2)n1. The first-order valence-corrected chi connectivity index (χ1v) is 18.4. The van der Waals surface area contributed by atoms with Crippen molar-refractivity contribution in [2.75, 3.05) is 0 Å². The van der Waals surface area contributed by atoms with Gasteiger partial charge >= 0.3 is 0 Å². The lowest BCUT2D eigenvalue weighted by atomic mass is 9.98. The molecule has 9 aromatic rings. The smallest absolute Gasteiger partial charge is 0.238 e. The highest BCUT2D eigenvalue weighted by molar-refractivity contribution is 6.20. The third-order valence-corrected chi connectivity index (χ3v) is 10.0. The number of hydrogen-bond acceptors (Lipinski definition) is 3. The Hall–Kier alpha value is -7.43. The molecule has 0 aliphatic carbocycles. The van der Waals surface area contributed by atoms with Gasteiger partial charge in [0.15, 0.2) is 11.6 Å². The van der Waals surface area contributed by atoms with E-state index in [2.05, 4.69) is 133 Å². The molecule has 0 aliphatic rings. The molecule has 2 heterocycles. The molecule has 0 saturated carbocycles. The maximum Gasteiger partial charge on any atom is 0.238 e. The first-order valence-electron chi connectivity index (χ1n) is 18.4. The zero-order chi connectivity index (χ0) is 37.1. The van der Waals surface area contributed by atoms with Crippen LogP contribution in [0.15, 0.2) is 207 Å². The molecule has 0 atom stereocenters. The molecule has 9 rings (SSSR count). The summed E-state index contributed by atoms with van der Waals surface area (Å²) in [7, 11) is 0. The first kappa shape index (κ1) is 33.4. The van der Waals surface area contributed by atoms with E-state index < -0.39 is 0 Å². The fourth-order valence-electron chi connectivity index (χ4n) is 7.44. The van der Waals surface area contributed by atoms with Crippen LogP contribution in [0.5, 0.6) is 0 Å². The summed E-state index contributed by atoms with van der Waals surface area (Å²) in [6.07, 6.45) is 5.67. The number of benzene rings is 7. The van der Waals surface area contributed by atoms with Crippen molar-refractivity contribution >= 4 is 48.9 Å². The van der Waals surface area contributed by atoms with Gasteiger partial charge in [-0.3, -0.25) is 4.57 Å². The van der Waals surface area contributed by atoms with Gasteiger partial charge < -0.3 is 0 Å². The van der Waals surface area contributed by atoms with Crippen LogP contribution in [0.25, 0.3) is 88.8 Å². The topological polar surface area (TPSA) is 43.6 Å². The number of hydrogen-bond donors (Lipinski definition) is 0. The molecule has 0 radical (unpaired) electrons. The molecular formula is C51H36N4. The molecule has 0 fully saturated rings. The van der Waals surface area contributed by atoms with Crippen LogP contribution < -0.4 is 0 Å². The molecule has 7 aromatic carbocycles. The summed E-state index contributed by atoms with van der Waals surface area (Å²) in [6.45, 7) is 8.12. The lowest BCUT2D eigenvalue weighted by molar-refractivity contribution is 0.951. The van der Waals surface area contributed by atoms with Crippen LogP contribution in [0.1, 0.15) is 5.56 Å². The van der Waals surface area contributed by atoms with Gasteiger partial charge in [-0.2, -0.15) is 9.97 Å². The Bertz CT molecular complexity index is 2940. The molecular weight excluding hydrogens is 669 g/mol. The van der Waals surface area contributed by atoms with Gasteiger partial charge in [0.1, 0.15) is 0 Å². The molecule has 4 heteroatoms. The minimum absolute atomic E-state index is 0.512. The standard InChI is InChI=1S/C51H36N4/c1-3-18-35(4-2)39-29-31-47-45(33-39)43-27-16-14-25-41(43)42-26-15-17-28-44(42)46-34-40(36-19-8-5-9-20-36)30-32-48(46)55(47)51-53-49(37-21-10-6-11-22-37)52-50(54-51)38-23-12-7-13-24-38/h3-34H,1-2H2/b35-18+. The summed E-state index contributed by atoms with van der Waals surface area (Å²) in [5.74, 6) is 1.69. The van der Waals surface area contributed by atoms with Crippen molar-refractivity contribution in [3.05, 3.63) is 213 Å². The largest absolute Gasteiger partial charge is 0.278 e. The number of nitrogens with zero attached hydrogens (tertiary/aromatic N) is 4. The Kier molecular flexibility index (Phi) is 8.83. The summed E-state index contributed by atoms with van der Waals surface area (Å²) >= 11 is 0. The quantitative estimate of drug-likeness (QED) is 0.155. The Morgan fingerprint density at radius 1 is 0.418 bits per heavy atom. The highest BCUT2D eigenvalue weighted by atomic mass is 15.2. The van der Waals surface area contributed by atoms with E-state index in [-0.39, 0.29) is 0 Å².